The fraction of sp³-hybridized carbons (Fsp3) is 0.345. The fourth-order valence-electron chi connectivity index (χ4n) is 5.50. The molecule has 1 N–H and O–H groups in total. The first-order chi connectivity index (χ1) is 20.2. The Kier molecular flexibility index (Phi) is 7.65. The highest BCUT2D eigenvalue weighted by molar-refractivity contribution is 6.34. The van der Waals surface area contributed by atoms with Gasteiger partial charge in [0.1, 0.15) is 23.0 Å². The van der Waals surface area contributed by atoms with E-state index in [0.717, 1.165) is 44.0 Å². The Hall–Kier alpha value is -3.93. The van der Waals surface area contributed by atoms with Gasteiger partial charge in [0.05, 0.1) is 40.3 Å². The molecule has 11 nitrogen and oxygen atoms in total. The van der Waals surface area contributed by atoms with E-state index in [2.05, 4.69) is 44.0 Å². The monoisotopic (exact) mass is 609 g/mol. The van der Waals surface area contributed by atoms with E-state index >= 15 is 0 Å². The second kappa shape index (κ2) is 11.4. The van der Waals surface area contributed by atoms with Crippen LogP contribution < -0.4 is 20.0 Å². The van der Waals surface area contributed by atoms with Crippen LogP contribution in [0.15, 0.2) is 53.7 Å². The average molecular weight is 611 g/mol. The standard InChI is InChI=1S/C29H29Cl2N7O4/c1-35(2)19-13-36(14-19)26-6-5-17(12-32-26)38-15-21(29(40)41)27(39)20-10-23(31)25(11-24(20)38)37-9-3-4-18(37)16-42-28-22(30)7-8-33-34-28/h5-8,10-12,15,18-19H,3-4,9,13-14,16H2,1-2H3,(H,40,41)/t18-/m1/s1. The van der Waals surface area contributed by atoms with Crippen LogP contribution in [0.5, 0.6) is 5.88 Å². The number of benzene rings is 1. The molecular formula is C29H29Cl2N7O4. The molecule has 4 aromatic rings. The van der Waals surface area contributed by atoms with E-state index in [-0.39, 0.29) is 22.9 Å². The van der Waals surface area contributed by atoms with Crippen LogP contribution in [0.3, 0.4) is 0 Å². The van der Waals surface area contributed by atoms with Crippen molar-refractivity contribution in [2.75, 3.05) is 50.1 Å². The zero-order valence-corrected chi connectivity index (χ0v) is 24.6. The van der Waals surface area contributed by atoms with Crippen LogP contribution >= 0.6 is 23.2 Å². The highest BCUT2D eigenvalue weighted by Crippen LogP contribution is 2.36. The summed E-state index contributed by atoms with van der Waals surface area (Å²) in [7, 11) is 4.12. The number of anilines is 2. The Morgan fingerprint density at radius 3 is 2.67 bits per heavy atom. The van der Waals surface area contributed by atoms with Gasteiger partial charge in [-0.1, -0.05) is 23.2 Å². The first kappa shape index (κ1) is 28.2. The Balaban J connectivity index is 1.36. The zero-order valence-electron chi connectivity index (χ0n) is 23.1. The molecule has 1 atom stereocenters. The normalized spacial score (nSPS) is 17.2. The molecular weight excluding hydrogens is 581 g/mol. The van der Waals surface area contributed by atoms with Crippen LogP contribution in [0.1, 0.15) is 23.2 Å². The summed E-state index contributed by atoms with van der Waals surface area (Å²) in [6.45, 7) is 2.81. The topological polar surface area (TPSA) is 117 Å². The molecule has 0 unspecified atom stereocenters. The molecule has 0 bridgehead atoms. The number of carboxylic acids is 1. The van der Waals surface area contributed by atoms with E-state index in [1.54, 1.807) is 22.9 Å². The fourth-order valence-corrected chi connectivity index (χ4v) is 5.92. The van der Waals surface area contributed by atoms with Gasteiger partial charge in [-0.2, -0.15) is 5.10 Å². The van der Waals surface area contributed by atoms with Crippen LogP contribution in [0.25, 0.3) is 16.6 Å². The van der Waals surface area contributed by atoms with E-state index in [1.165, 1.54) is 12.4 Å². The number of carboxylic acid groups (broad SMARTS) is 1. The second-order valence-corrected chi connectivity index (χ2v) is 11.6. The molecule has 2 saturated heterocycles. The molecule has 6 rings (SSSR count). The number of hydrogen-bond acceptors (Lipinski definition) is 9. The summed E-state index contributed by atoms with van der Waals surface area (Å²) in [6.07, 6.45) is 6.31. The zero-order chi connectivity index (χ0) is 29.5. The SMILES string of the molecule is CN(C)C1CN(c2ccc(-n3cc(C(=O)O)c(=O)c4cc(Cl)c(N5CCC[C@@H]5COc5nnccc5Cl)cc43)cn2)C1. The molecule has 2 aliphatic heterocycles. The number of nitrogens with zero attached hydrogens (tertiary/aromatic N) is 7. The Labute approximate surface area is 251 Å². The first-order valence-corrected chi connectivity index (χ1v) is 14.3. The number of hydrogen-bond donors (Lipinski definition) is 1. The van der Waals surface area contributed by atoms with Crippen LogP contribution in [-0.2, 0) is 0 Å². The van der Waals surface area contributed by atoms with Gasteiger partial charge in [0, 0.05) is 37.3 Å². The number of aromatic nitrogens is 4. The quantitative estimate of drug-likeness (QED) is 0.314. The maximum absolute atomic E-state index is 13.2. The lowest BCUT2D eigenvalue weighted by molar-refractivity contribution is 0.0695. The van der Waals surface area contributed by atoms with Gasteiger partial charge in [-0.05, 0) is 57.3 Å². The highest BCUT2D eigenvalue weighted by Gasteiger charge is 2.30. The molecule has 0 amide bonds. The minimum absolute atomic E-state index is 0.0278. The number of likely N-dealkylation sites (N-methyl/N-ethyl adjacent to an activating group) is 1. The van der Waals surface area contributed by atoms with Gasteiger partial charge in [0.15, 0.2) is 0 Å². The molecule has 3 aromatic heterocycles. The van der Waals surface area contributed by atoms with Crippen molar-refractivity contribution in [1.29, 1.82) is 0 Å². The van der Waals surface area contributed by atoms with Crippen molar-refractivity contribution in [3.05, 3.63) is 74.8 Å². The van der Waals surface area contributed by atoms with E-state index in [9.17, 15) is 14.7 Å². The lowest BCUT2D eigenvalue weighted by Crippen LogP contribution is -2.57. The summed E-state index contributed by atoms with van der Waals surface area (Å²) >= 11 is 13.0. The number of fused-ring (bicyclic) bond motifs is 1. The predicted octanol–water partition coefficient (Wildman–Crippen LogP) is 3.98. The first-order valence-electron chi connectivity index (χ1n) is 13.6. The maximum Gasteiger partial charge on any atom is 0.341 e. The van der Waals surface area contributed by atoms with Crippen LogP contribution in [0.4, 0.5) is 11.5 Å². The highest BCUT2D eigenvalue weighted by atomic mass is 35.5. The molecule has 2 aliphatic rings. The van der Waals surface area contributed by atoms with Gasteiger partial charge in [-0.15, -0.1) is 5.10 Å². The molecule has 0 saturated carbocycles. The molecule has 13 heteroatoms. The van der Waals surface area contributed by atoms with Crippen molar-refractivity contribution in [2.24, 2.45) is 0 Å². The summed E-state index contributed by atoms with van der Waals surface area (Å²) in [6, 6.07) is 9.25. The summed E-state index contributed by atoms with van der Waals surface area (Å²) < 4.78 is 7.58. The third-order valence-electron chi connectivity index (χ3n) is 7.97. The van der Waals surface area contributed by atoms with Crippen molar-refractivity contribution in [3.63, 3.8) is 0 Å². The number of ether oxygens (including phenoxy) is 1. The third kappa shape index (κ3) is 5.23. The minimum atomic E-state index is -1.31. The average Bonchev–Trinajstić information content (AvgIpc) is 3.40. The maximum atomic E-state index is 13.2. The lowest BCUT2D eigenvalue weighted by Gasteiger charge is -2.43. The number of carbonyl (C=O) groups is 1. The number of pyridine rings is 2. The molecule has 0 aliphatic carbocycles. The molecule has 2 fully saturated rings. The van der Waals surface area contributed by atoms with Crippen molar-refractivity contribution < 1.29 is 14.6 Å². The smallest absolute Gasteiger partial charge is 0.341 e. The van der Waals surface area contributed by atoms with Crippen LogP contribution in [0.2, 0.25) is 10.0 Å². The lowest BCUT2D eigenvalue weighted by atomic mass is 10.1. The van der Waals surface area contributed by atoms with E-state index < -0.39 is 11.4 Å². The van der Waals surface area contributed by atoms with Crippen LogP contribution in [0, 0.1) is 0 Å². The Morgan fingerprint density at radius 2 is 1.98 bits per heavy atom. The molecule has 42 heavy (non-hydrogen) atoms. The van der Waals surface area contributed by atoms with E-state index in [0.29, 0.717) is 33.9 Å². The predicted molar refractivity (Wildman–Crippen MR) is 162 cm³/mol. The molecule has 1 aromatic carbocycles. The minimum Gasteiger partial charge on any atom is -0.477 e. The molecule has 0 spiro atoms. The van der Waals surface area contributed by atoms with Crippen molar-refractivity contribution in [3.8, 4) is 11.6 Å². The Bertz CT molecular complexity index is 1710. The number of aromatic carboxylic acids is 1. The summed E-state index contributed by atoms with van der Waals surface area (Å²) in [5.74, 6) is -0.209. The van der Waals surface area contributed by atoms with Crippen molar-refractivity contribution in [2.45, 2.75) is 24.9 Å². The van der Waals surface area contributed by atoms with Gasteiger partial charge < -0.3 is 29.1 Å². The summed E-state index contributed by atoms with van der Waals surface area (Å²) in [5.41, 5.74) is 0.930. The van der Waals surface area contributed by atoms with Crippen molar-refractivity contribution >= 4 is 51.6 Å². The number of halogens is 2. The summed E-state index contributed by atoms with van der Waals surface area (Å²) in [4.78, 5) is 36.4. The van der Waals surface area contributed by atoms with Gasteiger partial charge in [0.25, 0.3) is 5.88 Å². The van der Waals surface area contributed by atoms with Gasteiger partial charge in [-0.3, -0.25) is 4.79 Å². The van der Waals surface area contributed by atoms with Crippen LogP contribution in [-0.4, -0.2) is 88.1 Å². The van der Waals surface area contributed by atoms with Gasteiger partial charge in [0.2, 0.25) is 5.43 Å². The van der Waals surface area contributed by atoms with Gasteiger partial charge >= 0.3 is 5.97 Å². The largest absolute Gasteiger partial charge is 0.477 e. The van der Waals surface area contributed by atoms with E-state index in [1.807, 2.05) is 18.2 Å². The second-order valence-electron chi connectivity index (χ2n) is 10.7. The molecule has 0 radical (unpaired) electrons. The van der Waals surface area contributed by atoms with Gasteiger partial charge in [-0.25, -0.2) is 9.78 Å². The molecule has 218 valence electrons. The summed E-state index contributed by atoms with van der Waals surface area (Å²) in [5, 5.41) is 18.6. The third-order valence-corrected chi connectivity index (χ3v) is 8.56. The number of rotatable bonds is 8. The van der Waals surface area contributed by atoms with E-state index in [4.69, 9.17) is 27.9 Å². The Morgan fingerprint density at radius 1 is 1.17 bits per heavy atom. The molecule has 5 heterocycles. The van der Waals surface area contributed by atoms with Crippen molar-refractivity contribution in [1.82, 2.24) is 24.6 Å².